The third kappa shape index (κ3) is 3.85. The molecule has 1 unspecified atom stereocenters. The molecule has 0 spiro atoms. The van der Waals surface area contributed by atoms with Crippen LogP contribution in [0, 0.1) is 0 Å². The highest BCUT2D eigenvalue weighted by atomic mass is 16.5. The molecule has 3 rings (SSSR count). The molecule has 0 aliphatic carbocycles. The molecule has 25 heavy (non-hydrogen) atoms. The van der Waals surface area contributed by atoms with Crippen LogP contribution in [0.5, 0.6) is 0 Å². The van der Waals surface area contributed by atoms with Crippen LogP contribution < -0.4 is 5.32 Å². The predicted molar refractivity (Wildman–Crippen MR) is 96.3 cm³/mol. The number of nitrogens with one attached hydrogen (secondary N) is 2. The normalized spacial score (nSPS) is 17.3. The molecule has 2 heterocycles. The van der Waals surface area contributed by atoms with E-state index >= 15 is 0 Å². The molecular formula is C19H25N3O3. The van der Waals surface area contributed by atoms with Crippen molar-refractivity contribution in [3.8, 4) is 0 Å². The number of ether oxygens (including phenoxy) is 1. The van der Waals surface area contributed by atoms with Crippen molar-refractivity contribution < 1.29 is 14.3 Å². The van der Waals surface area contributed by atoms with Gasteiger partial charge >= 0.3 is 5.97 Å². The summed E-state index contributed by atoms with van der Waals surface area (Å²) in [6.07, 6.45) is 1.87. The van der Waals surface area contributed by atoms with Crippen molar-refractivity contribution in [1.82, 2.24) is 15.2 Å². The summed E-state index contributed by atoms with van der Waals surface area (Å²) in [7, 11) is 1.37. The quantitative estimate of drug-likeness (QED) is 0.623. The SMILES string of the molecule is COC(=O)CCCNC(=O)CN1CCc2c([nH]c3ccccc23)C1C. The highest BCUT2D eigenvalue weighted by Crippen LogP contribution is 2.33. The van der Waals surface area contributed by atoms with E-state index < -0.39 is 0 Å². The molecule has 1 aromatic carbocycles. The van der Waals surface area contributed by atoms with Gasteiger partial charge in [0.25, 0.3) is 0 Å². The number of hydrogen-bond donors (Lipinski definition) is 2. The number of para-hydroxylation sites is 1. The van der Waals surface area contributed by atoms with Crippen LogP contribution in [-0.4, -0.2) is 48.5 Å². The molecule has 1 atom stereocenters. The second-order valence-corrected chi connectivity index (χ2v) is 6.49. The summed E-state index contributed by atoms with van der Waals surface area (Å²) < 4.78 is 4.59. The number of H-pyrrole nitrogens is 1. The molecule has 1 aliphatic heterocycles. The van der Waals surface area contributed by atoms with Crippen molar-refractivity contribution in [3.63, 3.8) is 0 Å². The average Bonchev–Trinajstić information content (AvgIpc) is 3.00. The smallest absolute Gasteiger partial charge is 0.305 e. The summed E-state index contributed by atoms with van der Waals surface area (Å²) in [5.41, 5.74) is 3.75. The van der Waals surface area contributed by atoms with Crippen LogP contribution in [0.15, 0.2) is 24.3 Å². The molecule has 6 heteroatoms. The lowest BCUT2D eigenvalue weighted by molar-refractivity contribution is -0.140. The van der Waals surface area contributed by atoms with E-state index in [1.807, 2.05) is 6.07 Å². The Hall–Kier alpha value is -2.34. The Bertz CT molecular complexity index is 768. The van der Waals surface area contributed by atoms with Gasteiger partial charge in [0.2, 0.25) is 5.91 Å². The van der Waals surface area contributed by atoms with Crippen molar-refractivity contribution in [2.45, 2.75) is 32.2 Å². The number of fused-ring (bicyclic) bond motifs is 3. The van der Waals surface area contributed by atoms with Crippen molar-refractivity contribution in [2.24, 2.45) is 0 Å². The van der Waals surface area contributed by atoms with Gasteiger partial charge in [-0.15, -0.1) is 0 Å². The summed E-state index contributed by atoms with van der Waals surface area (Å²) in [5.74, 6) is -0.249. The molecule has 134 valence electrons. The number of rotatable bonds is 6. The van der Waals surface area contributed by atoms with Gasteiger partial charge in [0, 0.05) is 42.1 Å². The number of aromatic amines is 1. The maximum absolute atomic E-state index is 12.2. The van der Waals surface area contributed by atoms with E-state index in [0.29, 0.717) is 25.9 Å². The number of methoxy groups -OCH3 is 1. The van der Waals surface area contributed by atoms with E-state index in [-0.39, 0.29) is 17.9 Å². The maximum atomic E-state index is 12.2. The van der Waals surface area contributed by atoms with Crippen LogP contribution in [0.3, 0.4) is 0 Å². The fraction of sp³-hybridized carbons (Fsp3) is 0.474. The minimum atomic E-state index is -0.245. The van der Waals surface area contributed by atoms with Crippen LogP contribution in [0.2, 0.25) is 0 Å². The van der Waals surface area contributed by atoms with Crippen LogP contribution in [0.25, 0.3) is 10.9 Å². The van der Waals surface area contributed by atoms with Crippen molar-refractivity contribution in [3.05, 3.63) is 35.5 Å². The van der Waals surface area contributed by atoms with Crippen LogP contribution >= 0.6 is 0 Å². The second-order valence-electron chi connectivity index (χ2n) is 6.49. The molecule has 1 aromatic heterocycles. The Balaban J connectivity index is 1.56. The summed E-state index contributed by atoms with van der Waals surface area (Å²) in [6, 6.07) is 8.53. The van der Waals surface area contributed by atoms with Gasteiger partial charge in [0.05, 0.1) is 13.7 Å². The average molecular weight is 343 g/mol. The lowest BCUT2D eigenvalue weighted by atomic mass is 9.98. The van der Waals surface area contributed by atoms with Gasteiger partial charge < -0.3 is 15.0 Å². The number of hydrogen-bond acceptors (Lipinski definition) is 4. The lowest BCUT2D eigenvalue weighted by Crippen LogP contribution is -2.42. The number of nitrogens with zero attached hydrogens (tertiary/aromatic N) is 1. The van der Waals surface area contributed by atoms with Gasteiger partial charge in [-0.25, -0.2) is 0 Å². The molecule has 2 aromatic rings. The molecule has 6 nitrogen and oxygen atoms in total. The highest BCUT2D eigenvalue weighted by molar-refractivity contribution is 5.85. The van der Waals surface area contributed by atoms with Crippen molar-refractivity contribution >= 4 is 22.8 Å². The number of benzene rings is 1. The van der Waals surface area contributed by atoms with Crippen LogP contribution in [0.4, 0.5) is 0 Å². The molecule has 0 saturated heterocycles. The van der Waals surface area contributed by atoms with Crippen molar-refractivity contribution in [2.75, 3.05) is 26.7 Å². The maximum Gasteiger partial charge on any atom is 0.305 e. The standard InChI is InChI=1S/C19H25N3O3/c1-13-19-15(14-6-3-4-7-16(14)21-19)9-11-22(13)12-17(23)20-10-5-8-18(24)25-2/h3-4,6-7,13,21H,5,8-12H2,1-2H3,(H,20,23). The molecule has 1 aliphatic rings. The number of carbonyl (C=O) groups excluding carboxylic acids is 2. The number of carbonyl (C=O) groups is 2. The molecular weight excluding hydrogens is 318 g/mol. The molecule has 0 radical (unpaired) electrons. The zero-order valence-corrected chi connectivity index (χ0v) is 14.8. The fourth-order valence-corrected chi connectivity index (χ4v) is 3.50. The summed E-state index contributed by atoms with van der Waals surface area (Å²) in [4.78, 5) is 28.9. The zero-order chi connectivity index (χ0) is 17.8. The monoisotopic (exact) mass is 343 g/mol. The number of esters is 1. The molecule has 2 N–H and O–H groups in total. The van der Waals surface area contributed by atoms with Gasteiger partial charge in [0.1, 0.15) is 0 Å². The molecule has 0 saturated carbocycles. The predicted octanol–water partition coefficient (Wildman–Crippen LogP) is 2.16. The largest absolute Gasteiger partial charge is 0.469 e. The van der Waals surface area contributed by atoms with Crippen LogP contribution in [0.1, 0.15) is 37.1 Å². The van der Waals surface area contributed by atoms with Gasteiger partial charge in [0.15, 0.2) is 0 Å². The first kappa shape index (κ1) is 17.5. The molecule has 0 fully saturated rings. The van der Waals surface area contributed by atoms with Crippen LogP contribution in [-0.2, 0) is 20.7 Å². The van der Waals surface area contributed by atoms with E-state index in [4.69, 9.17) is 0 Å². The molecule has 1 amide bonds. The van der Waals surface area contributed by atoms with Gasteiger partial charge in [-0.05, 0) is 31.4 Å². The summed E-state index contributed by atoms with van der Waals surface area (Å²) in [6.45, 7) is 3.87. The van der Waals surface area contributed by atoms with Gasteiger partial charge in [-0.3, -0.25) is 14.5 Å². The second kappa shape index (κ2) is 7.70. The third-order valence-corrected chi connectivity index (χ3v) is 4.92. The first-order valence-electron chi connectivity index (χ1n) is 8.77. The van der Waals surface area contributed by atoms with E-state index in [9.17, 15) is 9.59 Å². The van der Waals surface area contributed by atoms with Gasteiger partial charge in [-0.2, -0.15) is 0 Å². The highest BCUT2D eigenvalue weighted by Gasteiger charge is 2.28. The first-order chi connectivity index (χ1) is 12.1. The van der Waals surface area contributed by atoms with Crippen molar-refractivity contribution in [1.29, 1.82) is 0 Å². The summed E-state index contributed by atoms with van der Waals surface area (Å²) in [5, 5.41) is 4.17. The Labute approximate surface area is 147 Å². The minimum Gasteiger partial charge on any atom is -0.469 e. The summed E-state index contributed by atoms with van der Waals surface area (Å²) >= 11 is 0. The van der Waals surface area contributed by atoms with E-state index in [0.717, 1.165) is 18.5 Å². The zero-order valence-electron chi connectivity index (χ0n) is 14.8. The van der Waals surface area contributed by atoms with Gasteiger partial charge in [-0.1, -0.05) is 18.2 Å². The Morgan fingerprint density at radius 2 is 2.16 bits per heavy atom. The number of amides is 1. The Morgan fingerprint density at radius 1 is 1.36 bits per heavy atom. The Morgan fingerprint density at radius 3 is 2.96 bits per heavy atom. The Kier molecular flexibility index (Phi) is 5.38. The minimum absolute atomic E-state index is 0.00345. The fourth-order valence-electron chi connectivity index (χ4n) is 3.50. The lowest BCUT2D eigenvalue weighted by Gasteiger charge is -2.32. The van der Waals surface area contributed by atoms with E-state index in [2.05, 4.69) is 45.1 Å². The first-order valence-corrected chi connectivity index (χ1v) is 8.77. The number of aromatic nitrogens is 1. The topological polar surface area (TPSA) is 74.4 Å². The van der Waals surface area contributed by atoms with E-state index in [1.54, 1.807) is 0 Å². The third-order valence-electron chi connectivity index (χ3n) is 4.92. The molecule has 0 bridgehead atoms. The van der Waals surface area contributed by atoms with E-state index in [1.165, 1.54) is 23.8 Å².